The molecule has 0 amide bonds. The Bertz CT molecular complexity index is 184. The zero-order valence-corrected chi connectivity index (χ0v) is 6.54. The summed E-state index contributed by atoms with van der Waals surface area (Å²) in [6, 6.07) is 10.3. The first-order valence-electron chi connectivity index (χ1n) is 3.51. The van der Waals surface area contributed by atoms with Crippen molar-refractivity contribution in [2.45, 2.75) is 0 Å². The van der Waals surface area contributed by atoms with Crippen LogP contribution in [0.2, 0.25) is 0 Å². The Labute approximate surface area is 66.8 Å². The van der Waals surface area contributed by atoms with Gasteiger partial charge in [-0.05, 0) is 18.2 Å². The molecule has 0 aromatic heterocycles. The van der Waals surface area contributed by atoms with Gasteiger partial charge in [-0.3, -0.25) is 0 Å². The van der Waals surface area contributed by atoms with Crippen molar-refractivity contribution in [3.63, 3.8) is 0 Å². The molecule has 0 spiro atoms. The van der Waals surface area contributed by atoms with Gasteiger partial charge >= 0.3 is 0 Å². The molecular weight excluding hydrogens is 140 g/mol. The largest absolute Gasteiger partial charge is 0.491 e. The van der Waals surface area contributed by atoms with E-state index in [9.17, 15) is 0 Å². The molecule has 0 fully saturated rings. The van der Waals surface area contributed by atoms with Gasteiger partial charge < -0.3 is 9.47 Å². The summed E-state index contributed by atoms with van der Waals surface area (Å²) < 4.78 is 10.1. The molecule has 1 rings (SSSR count). The van der Waals surface area contributed by atoms with Crippen LogP contribution in [0.4, 0.5) is 0 Å². The van der Waals surface area contributed by atoms with Gasteiger partial charge in [0.05, 0.1) is 6.61 Å². The van der Waals surface area contributed by atoms with E-state index in [1.165, 1.54) is 0 Å². The summed E-state index contributed by atoms with van der Waals surface area (Å²) in [5.41, 5.74) is 0. The first-order chi connectivity index (χ1) is 5.43. The summed E-state index contributed by atoms with van der Waals surface area (Å²) in [5, 5.41) is 0. The molecule has 0 bridgehead atoms. The number of hydrogen-bond acceptors (Lipinski definition) is 2. The minimum Gasteiger partial charge on any atom is -0.491 e. The maximum Gasteiger partial charge on any atom is 0.119 e. The lowest BCUT2D eigenvalue weighted by Gasteiger charge is -2.03. The lowest BCUT2D eigenvalue weighted by atomic mass is 10.3. The summed E-state index contributed by atoms with van der Waals surface area (Å²) >= 11 is 0. The molecular formula is C9H11O2. The van der Waals surface area contributed by atoms with Gasteiger partial charge in [0.15, 0.2) is 0 Å². The highest BCUT2D eigenvalue weighted by Gasteiger charge is 1.88. The molecule has 0 atom stereocenters. The van der Waals surface area contributed by atoms with Crippen LogP contribution in [0.5, 0.6) is 5.75 Å². The van der Waals surface area contributed by atoms with Crippen molar-refractivity contribution >= 4 is 0 Å². The van der Waals surface area contributed by atoms with E-state index in [0.717, 1.165) is 5.75 Å². The van der Waals surface area contributed by atoms with Crippen LogP contribution >= 0.6 is 0 Å². The quantitative estimate of drug-likeness (QED) is 0.607. The molecule has 0 N–H and O–H groups in total. The molecule has 59 valence electrons. The summed E-state index contributed by atoms with van der Waals surface area (Å²) in [7, 11) is 1.65. The highest BCUT2D eigenvalue weighted by atomic mass is 16.5. The van der Waals surface area contributed by atoms with Crippen molar-refractivity contribution in [2.75, 3.05) is 20.3 Å². The van der Waals surface area contributed by atoms with E-state index in [2.05, 4.69) is 6.07 Å². The van der Waals surface area contributed by atoms with Crippen LogP contribution in [0.15, 0.2) is 24.3 Å². The third kappa shape index (κ3) is 3.05. The van der Waals surface area contributed by atoms with Crippen molar-refractivity contribution in [2.24, 2.45) is 0 Å². The number of rotatable bonds is 4. The fraction of sp³-hybridized carbons (Fsp3) is 0.333. The van der Waals surface area contributed by atoms with E-state index in [1.54, 1.807) is 7.11 Å². The van der Waals surface area contributed by atoms with Crippen LogP contribution in [0.3, 0.4) is 0 Å². The molecule has 1 radical (unpaired) electrons. The number of hydrogen-bond donors (Lipinski definition) is 0. The van der Waals surface area contributed by atoms with Gasteiger partial charge in [0.1, 0.15) is 12.4 Å². The molecule has 11 heavy (non-hydrogen) atoms. The third-order valence-electron chi connectivity index (χ3n) is 1.24. The van der Waals surface area contributed by atoms with Crippen LogP contribution < -0.4 is 4.74 Å². The maximum atomic E-state index is 5.30. The zero-order chi connectivity index (χ0) is 7.94. The normalized spacial score (nSPS) is 9.55. The SMILES string of the molecule is COCCOc1cc[c]cc1. The fourth-order valence-corrected chi connectivity index (χ4v) is 0.711. The average molecular weight is 151 g/mol. The van der Waals surface area contributed by atoms with Gasteiger partial charge in [0, 0.05) is 7.11 Å². The lowest BCUT2D eigenvalue weighted by Crippen LogP contribution is -2.03. The van der Waals surface area contributed by atoms with E-state index in [-0.39, 0.29) is 0 Å². The Hall–Kier alpha value is -1.02. The van der Waals surface area contributed by atoms with Gasteiger partial charge in [-0.1, -0.05) is 12.1 Å². The van der Waals surface area contributed by atoms with Crippen LogP contribution in [-0.4, -0.2) is 20.3 Å². The molecule has 0 saturated carbocycles. The van der Waals surface area contributed by atoms with E-state index in [1.807, 2.05) is 24.3 Å². The van der Waals surface area contributed by atoms with Crippen molar-refractivity contribution in [1.82, 2.24) is 0 Å². The Morgan fingerprint density at radius 3 is 2.64 bits per heavy atom. The van der Waals surface area contributed by atoms with Crippen molar-refractivity contribution < 1.29 is 9.47 Å². The second kappa shape index (κ2) is 4.74. The van der Waals surface area contributed by atoms with Gasteiger partial charge in [0.25, 0.3) is 0 Å². The zero-order valence-electron chi connectivity index (χ0n) is 6.54. The third-order valence-corrected chi connectivity index (χ3v) is 1.24. The Balaban J connectivity index is 2.28. The molecule has 2 heteroatoms. The summed E-state index contributed by atoms with van der Waals surface area (Å²) in [4.78, 5) is 0. The fourth-order valence-electron chi connectivity index (χ4n) is 0.711. The molecule has 0 aliphatic rings. The number of methoxy groups -OCH3 is 1. The van der Waals surface area contributed by atoms with Crippen molar-refractivity contribution in [1.29, 1.82) is 0 Å². The summed E-state index contributed by atoms with van der Waals surface area (Å²) in [5.74, 6) is 0.862. The average Bonchev–Trinajstić information content (AvgIpc) is 2.07. The molecule has 1 aromatic carbocycles. The minimum atomic E-state index is 0.598. The van der Waals surface area contributed by atoms with E-state index in [0.29, 0.717) is 13.2 Å². The van der Waals surface area contributed by atoms with E-state index in [4.69, 9.17) is 9.47 Å². The highest BCUT2D eigenvalue weighted by Crippen LogP contribution is 2.06. The van der Waals surface area contributed by atoms with Crippen molar-refractivity contribution in [3.05, 3.63) is 30.3 Å². The van der Waals surface area contributed by atoms with Gasteiger partial charge in [0.2, 0.25) is 0 Å². The van der Waals surface area contributed by atoms with Gasteiger partial charge in [-0.25, -0.2) is 0 Å². The molecule has 0 aliphatic heterocycles. The highest BCUT2D eigenvalue weighted by molar-refractivity contribution is 5.20. The first-order valence-corrected chi connectivity index (χ1v) is 3.51. The van der Waals surface area contributed by atoms with E-state index >= 15 is 0 Å². The Kier molecular flexibility index (Phi) is 3.48. The molecule has 0 unspecified atom stereocenters. The predicted octanol–water partition coefficient (Wildman–Crippen LogP) is 1.51. The molecule has 0 aliphatic carbocycles. The Morgan fingerprint density at radius 1 is 1.27 bits per heavy atom. The van der Waals surface area contributed by atoms with Crippen LogP contribution in [0.1, 0.15) is 0 Å². The maximum absolute atomic E-state index is 5.30. The van der Waals surface area contributed by atoms with Gasteiger partial charge in [-0.2, -0.15) is 0 Å². The lowest BCUT2D eigenvalue weighted by molar-refractivity contribution is 0.146. The van der Waals surface area contributed by atoms with Crippen LogP contribution in [-0.2, 0) is 4.74 Å². The first kappa shape index (κ1) is 8.08. The molecule has 2 nitrogen and oxygen atoms in total. The molecule has 0 saturated heterocycles. The van der Waals surface area contributed by atoms with Gasteiger partial charge in [-0.15, -0.1) is 0 Å². The minimum absolute atomic E-state index is 0.598. The topological polar surface area (TPSA) is 18.5 Å². The second-order valence-electron chi connectivity index (χ2n) is 2.08. The smallest absolute Gasteiger partial charge is 0.119 e. The summed E-state index contributed by atoms with van der Waals surface area (Å²) in [6.07, 6.45) is 0. The van der Waals surface area contributed by atoms with E-state index < -0.39 is 0 Å². The number of benzene rings is 1. The monoisotopic (exact) mass is 151 g/mol. The Morgan fingerprint density at radius 2 is 2.00 bits per heavy atom. The van der Waals surface area contributed by atoms with Crippen LogP contribution in [0.25, 0.3) is 0 Å². The molecule has 1 aromatic rings. The van der Waals surface area contributed by atoms with Crippen LogP contribution in [0, 0.1) is 6.07 Å². The molecule has 0 heterocycles. The number of ether oxygens (including phenoxy) is 2. The predicted molar refractivity (Wildman–Crippen MR) is 42.6 cm³/mol. The van der Waals surface area contributed by atoms with Crippen molar-refractivity contribution in [3.8, 4) is 5.75 Å². The summed E-state index contributed by atoms with van der Waals surface area (Å²) in [6.45, 7) is 1.22. The standard InChI is InChI=1S/C9H11O2/c1-10-7-8-11-9-5-3-2-4-6-9/h3-6H,7-8H2,1H3. The second-order valence-corrected chi connectivity index (χ2v) is 2.08.